The van der Waals surface area contributed by atoms with Crippen LogP contribution in [-0.4, -0.2) is 25.4 Å². The van der Waals surface area contributed by atoms with Gasteiger partial charge in [-0.3, -0.25) is 0 Å². The van der Waals surface area contributed by atoms with Gasteiger partial charge in [0.25, 0.3) is 0 Å². The number of carbonyl (C=O) groups excluding carboxylic acids is 1. The second kappa shape index (κ2) is 5.61. The van der Waals surface area contributed by atoms with Gasteiger partial charge in [-0.2, -0.15) is 13.2 Å². The largest absolute Gasteiger partial charge is 0.491 e. The van der Waals surface area contributed by atoms with Gasteiger partial charge in [0.05, 0.1) is 12.3 Å². The molecular weight excluding hydrogens is 251 g/mol. The highest BCUT2D eigenvalue weighted by molar-refractivity contribution is 5.94. The van der Waals surface area contributed by atoms with E-state index in [-0.39, 0.29) is 23.6 Å². The molecule has 2 N–H and O–H groups in total. The molecule has 0 spiro atoms. The topological polar surface area (TPSA) is 61.5 Å². The predicted molar refractivity (Wildman–Crippen MR) is 58.4 cm³/mol. The summed E-state index contributed by atoms with van der Waals surface area (Å²) >= 11 is 0. The van der Waals surface area contributed by atoms with Crippen LogP contribution in [0, 0.1) is 0 Å². The van der Waals surface area contributed by atoms with Gasteiger partial charge in [0, 0.05) is 0 Å². The number of carbonyl (C=O) groups is 1. The first kappa shape index (κ1) is 14.1. The number of esters is 1. The standard InChI is InChI=1S/C11H12F3NO3/c1-2-17-9-7(4-3-5-8(9)15)10(16)18-6-11(12,13)14/h3-5H,2,6,15H2,1H3. The van der Waals surface area contributed by atoms with E-state index in [4.69, 9.17) is 10.5 Å². The van der Waals surface area contributed by atoms with Crippen molar-refractivity contribution in [3.63, 3.8) is 0 Å². The van der Waals surface area contributed by atoms with Crippen molar-refractivity contribution in [1.82, 2.24) is 0 Å². The molecule has 0 heterocycles. The van der Waals surface area contributed by atoms with Gasteiger partial charge in [0.15, 0.2) is 12.4 Å². The minimum atomic E-state index is -4.57. The molecule has 0 bridgehead atoms. The zero-order chi connectivity index (χ0) is 13.8. The molecule has 0 aliphatic carbocycles. The van der Waals surface area contributed by atoms with Gasteiger partial charge < -0.3 is 15.2 Å². The molecular formula is C11H12F3NO3. The van der Waals surface area contributed by atoms with Crippen LogP contribution in [0.5, 0.6) is 5.75 Å². The summed E-state index contributed by atoms with van der Waals surface area (Å²) in [6, 6.07) is 4.20. The van der Waals surface area contributed by atoms with Crippen molar-refractivity contribution in [2.45, 2.75) is 13.1 Å². The fourth-order valence-electron chi connectivity index (χ4n) is 1.25. The maximum Gasteiger partial charge on any atom is 0.422 e. The fraction of sp³-hybridized carbons (Fsp3) is 0.364. The van der Waals surface area contributed by atoms with Crippen LogP contribution in [0.1, 0.15) is 17.3 Å². The molecule has 0 atom stereocenters. The van der Waals surface area contributed by atoms with Crippen LogP contribution in [0.15, 0.2) is 18.2 Å². The number of para-hydroxylation sites is 1. The van der Waals surface area contributed by atoms with Crippen molar-refractivity contribution in [2.24, 2.45) is 0 Å². The van der Waals surface area contributed by atoms with E-state index < -0.39 is 18.8 Å². The first-order valence-corrected chi connectivity index (χ1v) is 5.10. The maximum atomic E-state index is 11.9. The lowest BCUT2D eigenvalue weighted by molar-refractivity contribution is -0.161. The number of halogens is 3. The van der Waals surface area contributed by atoms with Crippen molar-refractivity contribution >= 4 is 11.7 Å². The number of hydrogen-bond donors (Lipinski definition) is 1. The van der Waals surface area contributed by atoms with Gasteiger partial charge in [-0.1, -0.05) is 6.07 Å². The van der Waals surface area contributed by atoms with Crippen LogP contribution < -0.4 is 10.5 Å². The Hall–Kier alpha value is -1.92. The summed E-state index contributed by atoms with van der Waals surface area (Å²) in [7, 11) is 0. The zero-order valence-electron chi connectivity index (χ0n) is 9.58. The van der Waals surface area contributed by atoms with Crippen LogP contribution in [-0.2, 0) is 4.74 Å². The Labute approximate surface area is 101 Å². The van der Waals surface area contributed by atoms with Crippen LogP contribution in [0.4, 0.5) is 18.9 Å². The van der Waals surface area contributed by atoms with Crippen molar-refractivity contribution < 1.29 is 27.4 Å². The Morgan fingerprint density at radius 1 is 1.39 bits per heavy atom. The van der Waals surface area contributed by atoms with E-state index in [1.807, 2.05) is 0 Å². The molecule has 1 aromatic rings. The monoisotopic (exact) mass is 263 g/mol. The van der Waals surface area contributed by atoms with Crippen molar-refractivity contribution in [2.75, 3.05) is 18.9 Å². The number of hydrogen-bond acceptors (Lipinski definition) is 4. The number of anilines is 1. The summed E-state index contributed by atoms with van der Waals surface area (Å²) in [5.74, 6) is -1.09. The lowest BCUT2D eigenvalue weighted by Gasteiger charge is -2.12. The fourth-order valence-corrected chi connectivity index (χ4v) is 1.25. The molecule has 18 heavy (non-hydrogen) atoms. The average Bonchev–Trinajstić information content (AvgIpc) is 2.28. The maximum absolute atomic E-state index is 11.9. The number of benzene rings is 1. The summed E-state index contributed by atoms with van der Waals surface area (Å²) in [6.45, 7) is 0.247. The Morgan fingerprint density at radius 3 is 2.61 bits per heavy atom. The van der Waals surface area contributed by atoms with Crippen LogP contribution in [0.2, 0.25) is 0 Å². The van der Waals surface area contributed by atoms with E-state index in [0.717, 1.165) is 0 Å². The molecule has 0 saturated heterocycles. The van der Waals surface area contributed by atoms with E-state index in [0.29, 0.717) is 0 Å². The third-order valence-corrected chi connectivity index (χ3v) is 1.92. The lowest BCUT2D eigenvalue weighted by atomic mass is 10.2. The van der Waals surface area contributed by atoms with E-state index in [1.165, 1.54) is 18.2 Å². The first-order valence-electron chi connectivity index (χ1n) is 5.10. The SMILES string of the molecule is CCOc1c(N)cccc1C(=O)OCC(F)(F)F. The second-order valence-corrected chi connectivity index (χ2v) is 3.35. The van der Waals surface area contributed by atoms with Crippen LogP contribution in [0.3, 0.4) is 0 Å². The van der Waals surface area contributed by atoms with Gasteiger partial charge in [-0.25, -0.2) is 4.79 Å². The molecule has 0 amide bonds. The molecule has 0 fully saturated rings. The number of rotatable bonds is 4. The van der Waals surface area contributed by atoms with Gasteiger partial charge in [-0.15, -0.1) is 0 Å². The smallest absolute Gasteiger partial charge is 0.422 e. The summed E-state index contributed by atoms with van der Waals surface area (Å²) in [5.41, 5.74) is 5.61. The molecule has 0 aromatic heterocycles. The summed E-state index contributed by atoms with van der Waals surface area (Å²) in [6.07, 6.45) is -4.57. The van der Waals surface area contributed by atoms with Crippen LogP contribution >= 0.6 is 0 Å². The predicted octanol–water partition coefficient (Wildman–Crippen LogP) is 2.39. The molecule has 0 radical (unpaired) electrons. The molecule has 7 heteroatoms. The third kappa shape index (κ3) is 3.83. The Kier molecular flexibility index (Phi) is 4.41. The van der Waals surface area contributed by atoms with E-state index >= 15 is 0 Å². The van der Waals surface area contributed by atoms with Crippen molar-refractivity contribution in [3.8, 4) is 5.75 Å². The highest BCUT2D eigenvalue weighted by atomic mass is 19.4. The average molecular weight is 263 g/mol. The van der Waals surface area contributed by atoms with Gasteiger partial charge >= 0.3 is 12.1 Å². The number of nitrogen functional groups attached to an aromatic ring is 1. The third-order valence-electron chi connectivity index (χ3n) is 1.92. The van der Waals surface area contributed by atoms with E-state index in [9.17, 15) is 18.0 Å². The zero-order valence-corrected chi connectivity index (χ0v) is 9.58. The molecule has 1 rings (SSSR count). The molecule has 0 aliphatic rings. The molecule has 1 aromatic carbocycles. The van der Waals surface area contributed by atoms with E-state index in [1.54, 1.807) is 6.92 Å². The summed E-state index contributed by atoms with van der Waals surface area (Å²) in [4.78, 5) is 11.5. The number of ether oxygens (including phenoxy) is 2. The molecule has 4 nitrogen and oxygen atoms in total. The number of alkyl halides is 3. The summed E-state index contributed by atoms with van der Waals surface area (Å²) < 4.78 is 45.0. The normalized spacial score (nSPS) is 11.1. The quantitative estimate of drug-likeness (QED) is 0.669. The van der Waals surface area contributed by atoms with Crippen LogP contribution in [0.25, 0.3) is 0 Å². The number of nitrogens with two attached hydrogens (primary N) is 1. The second-order valence-electron chi connectivity index (χ2n) is 3.35. The highest BCUT2D eigenvalue weighted by Gasteiger charge is 2.30. The van der Waals surface area contributed by atoms with Gasteiger partial charge in [-0.05, 0) is 19.1 Å². The first-order chi connectivity index (χ1) is 8.35. The Balaban J connectivity index is 2.88. The minimum absolute atomic E-state index is 0.0344. The molecule has 100 valence electrons. The van der Waals surface area contributed by atoms with E-state index in [2.05, 4.69) is 4.74 Å². The Morgan fingerprint density at radius 2 is 2.06 bits per heavy atom. The van der Waals surface area contributed by atoms with Gasteiger partial charge in [0.2, 0.25) is 0 Å². The summed E-state index contributed by atoms with van der Waals surface area (Å²) in [5, 5.41) is 0. The highest BCUT2D eigenvalue weighted by Crippen LogP contribution is 2.27. The lowest BCUT2D eigenvalue weighted by Crippen LogP contribution is -2.21. The molecule has 0 saturated carbocycles. The van der Waals surface area contributed by atoms with Crippen molar-refractivity contribution in [1.29, 1.82) is 0 Å². The Bertz CT molecular complexity index is 432. The molecule has 0 unspecified atom stereocenters. The minimum Gasteiger partial charge on any atom is -0.491 e. The van der Waals surface area contributed by atoms with Crippen molar-refractivity contribution in [3.05, 3.63) is 23.8 Å². The van der Waals surface area contributed by atoms with Gasteiger partial charge in [0.1, 0.15) is 5.56 Å². The molecule has 0 aliphatic heterocycles.